The molecule has 0 aliphatic carbocycles. The number of anilines is 2. The molecule has 146 valence electrons. The summed E-state index contributed by atoms with van der Waals surface area (Å²) in [6.45, 7) is 1.42. The molecule has 2 heterocycles. The minimum atomic E-state index is -0.212. The number of halogens is 1. The third-order valence-electron chi connectivity index (χ3n) is 5.20. The molecule has 6 nitrogen and oxygen atoms in total. The normalized spacial score (nSPS) is 18.2. The first kappa shape index (κ1) is 18.8. The largest absolute Gasteiger partial charge is 0.482 e. The second-order valence-electron chi connectivity index (χ2n) is 7.26. The van der Waals surface area contributed by atoms with E-state index >= 15 is 0 Å². The fraction of sp³-hybridized carbons (Fsp3) is 0.333. The molecule has 4 rings (SSSR count). The van der Waals surface area contributed by atoms with Gasteiger partial charge in [0.1, 0.15) is 12.3 Å². The van der Waals surface area contributed by atoms with Crippen molar-refractivity contribution in [2.24, 2.45) is 5.92 Å². The minimum Gasteiger partial charge on any atom is -0.482 e. The predicted octanol–water partition coefficient (Wildman–Crippen LogP) is 2.60. The van der Waals surface area contributed by atoms with Crippen LogP contribution in [0.15, 0.2) is 46.9 Å². The number of benzene rings is 2. The third-order valence-corrected chi connectivity index (χ3v) is 5.69. The summed E-state index contributed by atoms with van der Waals surface area (Å²) >= 11 is 3.39. The van der Waals surface area contributed by atoms with Gasteiger partial charge in [-0.15, -0.1) is 0 Å². The molecule has 0 unspecified atom stereocenters. The van der Waals surface area contributed by atoms with Crippen LogP contribution in [0.3, 0.4) is 0 Å². The van der Waals surface area contributed by atoms with E-state index in [2.05, 4.69) is 45.3 Å². The van der Waals surface area contributed by atoms with Gasteiger partial charge in [-0.05, 0) is 42.2 Å². The lowest BCUT2D eigenvalue weighted by molar-refractivity contribution is -0.125. The first-order valence-electron chi connectivity index (χ1n) is 9.29. The van der Waals surface area contributed by atoms with Crippen LogP contribution in [0.25, 0.3) is 0 Å². The van der Waals surface area contributed by atoms with Crippen LogP contribution in [0, 0.1) is 5.92 Å². The van der Waals surface area contributed by atoms with Gasteiger partial charge in [0.25, 0.3) is 5.91 Å². The van der Waals surface area contributed by atoms with Gasteiger partial charge in [0.2, 0.25) is 5.91 Å². The van der Waals surface area contributed by atoms with Gasteiger partial charge in [-0.1, -0.05) is 34.1 Å². The van der Waals surface area contributed by atoms with Crippen LogP contribution in [-0.4, -0.2) is 45.1 Å². The van der Waals surface area contributed by atoms with Gasteiger partial charge in [0.05, 0.1) is 5.69 Å². The molecular weight excluding hydrogens is 422 g/mol. The molecule has 7 heteroatoms. The number of ether oxygens (including phenoxy) is 1. The van der Waals surface area contributed by atoms with Gasteiger partial charge in [0.15, 0.2) is 6.61 Å². The molecule has 2 amide bonds. The quantitative estimate of drug-likeness (QED) is 0.788. The molecule has 2 aliphatic rings. The average Bonchev–Trinajstić information content (AvgIpc) is 2.68. The molecule has 0 spiro atoms. The van der Waals surface area contributed by atoms with Crippen molar-refractivity contribution in [3.63, 3.8) is 0 Å². The van der Waals surface area contributed by atoms with E-state index in [1.54, 1.807) is 6.07 Å². The molecular formula is C21H22BrN3O3. The monoisotopic (exact) mass is 443 g/mol. The molecule has 28 heavy (non-hydrogen) atoms. The van der Waals surface area contributed by atoms with E-state index in [4.69, 9.17) is 4.74 Å². The van der Waals surface area contributed by atoms with Crippen molar-refractivity contribution in [2.75, 3.05) is 43.1 Å². The van der Waals surface area contributed by atoms with Crippen LogP contribution in [0.1, 0.15) is 5.56 Å². The number of nitrogens with one attached hydrogen (secondary N) is 1. The molecule has 1 N–H and O–H groups in total. The second kappa shape index (κ2) is 7.83. The third kappa shape index (κ3) is 3.85. The maximum absolute atomic E-state index is 12.5. The lowest BCUT2D eigenvalue weighted by Crippen LogP contribution is -2.47. The number of rotatable bonds is 4. The Balaban J connectivity index is 1.37. The lowest BCUT2D eigenvalue weighted by Gasteiger charge is -2.34. The molecule has 0 saturated heterocycles. The summed E-state index contributed by atoms with van der Waals surface area (Å²) < 4.78 is 6.34. The van der Waals surface area contributed by atoms with Gasteiger partial charge in [0, 0.05) is 30.3 Å². The maximum atomic E-state index is 12.5. The number of hydrogen-bond donors (Lipinski definition) is 1. The Hall–Kier alpha value is -2.54. The number of hydrogen-bond acceptors (Lipinski definition) is 4. The van der Waals surface area contributed by atoms with Crippen LogP contribution in [0.4, 0.5) is 11.4 Å². The summed E-state index contributed by atoms with van der Waals surface area (Å²) in [6.07, 6.45) is 0.939. The highest BCUT2D eigenvalue weighted by atomic mass is 79.9. The summed E-state index contributed by atoms with van der Waals surface area (Å²) in [7, 11) is 2.08. The number of carbonyl (C=O) groups is 2. The standard InChI is InChI=1S/C21H22BrN3O3/c1-24-11-14(8-15-4-2-3-5-17(15)24)10-23-20(26)12-25-18-7-6-16(22)9-19(18)28-13-21(25)27/h2-7,9,14H,8,10-13H2,1H3,(H,23,26)/t14-/m0/s1. The fourth-order valence-corrected chi connectivity index (χ4v) is 4.20. The first-order valence-corrected chi connectivity index (χ1v) is 10.1. The number of fused-ring (bicyclic) bond motifs is 2. The summed E-state index contributed by atoms with van der Waals surface area (Å²) in [5.74, 6) is 0.571. The SMILES string of the molecule is CN1C[C@H](CNC(=O)CN2C(=O)COc3cc(Br)ccc32)Cc2ccccc21. The fourth-order valence-electron chi connectivity index (χ4n) is 3.86. The molecule has 0 bridgehead atoms. The van der Waals surface area contributed by atoms with Crippen LogP contribution < -0.4 is 19.9 Å². The van der Waals surface area contributed by atoms with Crippen LogP contribution in [-0.2, 0) is 16.0 Å². The number of para-hydroxylation sites is 1. The van der Waals surface area contributed by atoms with E-state index in [-0.39, 0.29) is 25.0 Å². The molecule has 1 atom stereocenters. The van der Waals surface area contributed by atoms with Crippen molar-refractivity contribution in [3.8, 4) is 5.75 Å². The lowest BCUT2D eigenvalue weighted by atomic mass is 9.93. The van der Waals surface area contributed by atoms with E-state index in [0.29, 0.717) is 23.9 Å². The van der Waals surface area contributed by atoms with Crippen molar-refractivity contribution < 1.29 is 14.3 Å². The van der Waals surface area contributed by atoms with Crippen LogP contribution >= 0.6 is 15.9 Å². The summed E-state index contributed by atoms with van der Waals surface area (Å²) in [6, 6.07) is 13.8. The van der Waals surface area contributed by atoms with Crippen molar-refractivity contribution in [3.05, 3.63) is 52.5 Å². The first-order chi connectivity index (χ1) is 13.5. The van der Waals surface area contributed by atoms with Gasteiger partial charge in [-0.3, -0.25) is 14.5 Å². The van der Waals surface area contributed by atoms with E-state index in [0.717, 1.165) is 17.4 Å². The van der Waals surface area contributed by atoms with Crippen molar-refractivity contribution in [1.29, 1.82) is 0 Å². The Morgan fingerprint density at radius 2 is 2.07 bits per heavy atom. The molecule has 2 aliphatic heterocycles. The summed E-state index contributed by atoms with van der Waals surface area (Å²) in [4.78, 5) is 28.5. The van der Waals surface area contributed by atoms with Crippen molar-refractivity contribution in [2.45, 2.75) is 6.42 Å². The molecule has 0 fully saturated rings. The zero-order valence-corrected chi connectivity index (χ0v) is 17.2. The Morgan fingerprint density at radius 3 is 2.93 bits per heavy atom. The smallest absolute Gasteiger partial charge is 0.265 e. The summed E-state index contributed by atoms with van der Waals surface area (Å²) in [5.41, 5.74) is 3.19. The second-order valence-corrected chi connectivity index (χ2v) is 8.18. The molecule has 2 aromatic rings. The van der Waals surface area contributed by atoms with E-state index in [1.165, 1.54) is 16.2 Å². The van der Waals surface area contributed by atoms with E-state index in [1.807, 2.05) is 24.3 Å². The molecule has 0 saturated carbocycles. The highest BCUT2D eigenvalue weighted by Crippen LogP contribution is 2.34. The number of carbonyl (C=O) groups excluding carboxylic acids is 2. The molecule has 0 radical (unpaired) electrons. The van der Waals surface area contributed by atoms with Crippen LogP contribution in [0.5, 0.6) is 5.75 Å². The highest BCUT2D eigenvalue weighted by Gasteiger charge is 2.28. The van der Waals surface area contributed by atoms with Crippen molar-refractivity contribution in [1.82, 2.24) is 5.32 Å². The Morgan fingerprint density at radius 1 is 1.25 bits per heavy atom. The van der Waals surface area contributed by atoms with Gasteiger partial charge in [-0.2, -0.15) is 0 Å². The molecule has 2 aromatic carbocycles. The Bertz CT molecular complexity index is 918. The van der Waals surface area contributed by atoms with Gasteiger partial charge in [-0.25, -0.2) is 0 Å². The van der Waals surface area contributed by atoms with Gasteiger partial charge < -0.3 is 15.0 Å². The number of amides is 2. The van der Waals surface area contributed by atoms with Crippen molar-refractivity contribution >= 4 is 39.1 Å². The van der Waals surface area contributed by atoms with E-state index < -0.39 is 0 Å². The topological polar surface area (TPSA) is 61.9 Å². The zero-order valence-electron chi connectivity index (χ0n) is 15.7. The van der Waals surface area contributed by atoms with E-state index in [9.17, 15) is 9.59 Å². The maximum Gasteiger partial charge on any atom is 0.265 e. The Labute approximate surface area is 172 Å². The zero-order chi connectivity index (χ0) is 19.7. The summed E-state index contributed by atoms with van der Waals surface area (Å²) in [5, 5.41) is 3.00. The minimum absolute atomic E-state index is 0.00400. The predicted molar refractivity (Wildman–Crippen MR) is 112 cm³/mol. The molecule has 0 aromatic heterocycles. The Kier molecular flexibility index (Phi) is 5.26. The van der Waals surface area contributed by atoms with Crippen LogP contribution in [0.2, 0.25) is 0 Å². The average molecular weight is 444 g/mol. The van der Waals surface area contributed by atoms with Gasteiger partial charge >= 0.3 is 0 Å². The number of nitrogens with zero attached hydrogens (tertiary/aromatic N) is 2. The highest BCUT2D eigenvalue weighted by molar-refractivity contribution is 9.10.